The summed E-state index contributed by atoms with van der Waals surface area (Å²) in [5.74, 6) is 1.03. The summed E-state index contributed by atoms with van der Waals surface area (Å²) >= 11 is 0. The van der Waals surface area contributed by atoms with Crippen LogP contribution in [0.15, 0.2) is 48.8 Å². The largest absolute Gasteiger partial charge is 0.486 e. The highest BCUT2D eigenvalue weighted by Crippen LogP contribution is 2.35. The number of carbonyl (C=O) groups excluding carboxylic acids is 2. The fourth-order valence-electron chi connectivity index (χ4n) is 3.58. The maximum atomic E-state index is 12.8. The van der Waals surface area contributed by atoms with Crippen molar-refractivity contribution in [3.05, 3.63) is 48.8 Å². The highest BCUT2D eigenvalue weighted by atomic mass is 16.6. The Bertz CT molecular complexity index is 1140. The lowest BCUT2D eigenvalue weighted by Gasteiger charge is -2.22. The van der Waals surface area contributed by atoms with Gasteiger partial charge in [0, 0.05) is 42.9 Å². The quantitative estimate of drug-likeness (QED) is 0.715. The van der Waals surface area contributed by atoms with Crippen LogP contribution in [0.5, 0.6) is 11.5 Å². The molecule has 2 aliphatic rings. The maximum absolute atomic E-state index is 12.8. The third-order valence-electron chi connectivity index (χ3n) is 5.02. The van der Waals surface area contributed by atoms with Crippen LogP contribution in [0.1, 0.15) is 0 Å². The summed E-state index contributed by atoms with van der Waals surface area (Å²) < 4.78 is 11.1. The standard InChI is InChI=1S/C21H19N5O4/c27-20(24-14-1-3-16-17(11-14)23-6-5-22-16)13-25-7-8-26(21(25)28)15-2-4-18-19(12-15)30-10-9-29-18/h1-6,11-12H,7-10,13H2,(H,24,27). The van der Waals surface area contributed by atoms with Gasteiger partial charge in [0.2, 0.25) is 5.91 Å². The van der Waals surface area contributed by atoms with Crippen LogP contribution in [-0.4, -0.2) is 59.7 Å². The van der Waals surface area contributed by atoms with E-state index in [2.05, 4.69) is 15.3 Å². The predicted molar refractivity (Wildman–Crippen MR) is 110 cm³/mol. The molecule has 0 atom stereocenters. The predicted octanol–water partition coefficient (Wildman–Crippen LogP) is 2.28. The lowest BCUT2D eigenvalue weighted by Crippen LogP contribution is -2.37. The van der Waals surface area contributed by atoms with Gasteiger partial charge in [-0.05, 0) is 30.3 Å². The molecule has 2 aromatic carbocycles. The van der Waals surface area contributed by atoms with Crippen LogP contribution in [0, 0.1) is 0 Å². The first-order chi connectivity index (χ1) is 14.7. The van der Waals surface area contributed by atoms with Crippen molar-refractivity contribution in [1.29, 1.82) is 0 Å². The van der Waals surface area contributed by atoms with E-state index in [1.54, 1.807) is 47.6 Å². The zero-order valence-electron chi connectivity index (χ0n) is 16.1. The summed E-state index contributed by atoms with van der Waals surface area (Å²) in [4.78, 5) is 36.9. The molecule has 3 heterocycles. The Kier molecular flexibility index (Phi) is 4.55. The van der Waals surface area contributed by atoms with Crippen LogP contribution in [-0.2, 0) is 4.79 Å². The van der Waals surface area contributed by atoms with Crippen molar-refractivity contribution < 1.29 is 19.1 Å². The van der Waals surface area contributed by atoms with E-state index in [4.69, 9.17) is 9.47 Å². The van der Waals surface area contributed by atoms with E-state index in [-0.39, 0.29) is 18.5 Å². The molecule has 2 aliphatic heterocycles. The Morgan fingerprint density at radius 2 is 1.77 bits per heavy atom. The number of fused-ring (bicyclic) bond motifs is 2. The third kappa shape index (κ3) is 3.45. The number of aromatic nitrogens is 2. The minimum atomic E-state index is -0.268. The fraction of sp³-hybridized carbons (Fsp3) is 0.238. The number of hydrogen-bond donors (Lipinski definition) is 1. The average molecular weight is 405 g/mol. The smallest absolute Gasteiger partial charge is 0.325 e. The molecular formula is C21H19N5O4. The molecule has 9 nitrogen and oxygen atoms in total. The van der Waals surface area contributed by atoms with E-state index in [1.807, 2.05) is 6.07 Å². The minimum absolute atomic E-state index is 0.0294. The van der Waals surface area contributed by atoms with E-state index in [0.717, 1.165) is 11.2 Å². The molecular weight excluding hydrogens is 386 g/mol. The van der Waals surface area contributed by atoms with Gasteiger partial charge in [-0.2, -0.15) is 0 Å². The number of carbonyl (C=O) groups is 2. The van der Waals surface area contributed by atoms with Crippen molar-refractivity contribution in [2.75, 3.05) is 43.1 Å². The third-order valence-corrected chi connectivity index (χ3v) is 5.02. The van der Waals surface area contributed by atoms with E-state index in [0.29, 0.717) is 49.0 Å². The van der Waals surface area contributed by atoms with Crippen LogP contribution in [0.25, 0.3) is 11.0 Å². The van der Waals surface area contributed by atoms with Gasteiger partial charge in [-0.15, -0.1) is 0 Å². The molecule has 1 aromatic heterocycles. The summed E-state index contributed by atoms with van der Waals surface area (Å²) in [5.41, 5.74) is 2.78. The Hall–Kier alpha value is -3.88. The summed E-state index contributed by atoms with van der Waals surface area (Å²) in [6.07, 6.45) is 3.22. The zero-order chi connectivity index (χ0) is 20.5. The van der Waals surface area contributed by atoms with Crippen molar-refractivity contribution in [3.8, 4) is 11.5 Å². The molecule has 30 heavy (non-hydrogen) atoms. The van der Waals surface area contributed by atoms with Crippen LogP contribution < -0.4 is 19.7 Å². The molecule has 0 spiro atoms. The van der Waals surface area contributed by atoms with Crippen molar-refractivity contribution in [1.82, 2.24) is 14.9 Å². The SMILES string of the molecule is O=C(CN1CCN(c2ccc3c(c2)OCCO3)C1=O)Nc1ccc2nccnc2c1. The van der Waals surface area contributed by atoms with Crippen LogP contribution >= 0.6 is 0 Å². The number of nitrogens with zero attached hydrogens (tertiary/aromatic N) is 4. The molecule has 152 valence electrons. The molecule has 0 saturated carbocycles. The maximum Gasteiger partial charge on any atom is 0.325 e. The first-order valence-corrected chi connectivity index (χ1v) is 9.64. The number of urea groups is 1. The minimum Gasteiger partial charge on any atom is -0.486 e. The van der Waals surface area contributed by atoms with Gasteiger partial charge in [-0.3, -0.25) is 19.7 Å². The summed E-state index contributed by atoms with van der Waals surface area (Å²) in [5, 5.41) is 2.82. The second kappa shape index (κ2) is 7.51. The van der Waals surface area contributed by atoms with Crippen molar-refractivity contribution in [3.63, 3.8) is 0 Å². The number of anilines is 2. The number of rotatable bonds is 4. The molecule has 0 bridgehead atoms. The lowest BCUT2D eigenvalue weighted by molar-refractivity contribution is -0.116. The Balaban J connectivity index is 1.24. The molecule has 3 amide bonds. The monoisotopic (exact) mass is 405 g/mol. The number of nitrogens with one attached hydrogen (secondary N) is 1. The summed E-state index contributed by atoms with van der Waals surface area (Å²) in [6.45, 7) is 1.93. The topological polar surface area (TPSA) is 96.9 Å². The number of benzene rings is 2. The van der Waals surface area contributed by atoms with Crippen LogP contribution in [0.2, 0.25) is 0 Å². The molecule has 0 aliphatic carbocycles. The second-order valence-electron chi connectivity index (χ2n) is 6.99. The van der Waals surface area contributed by atoms with Gasteiger partial charge in [0.05, 0.1) is 11.0 Å². The lowest BCUT2D eigenvalue weighted by atomic mass is 10.2. The van der Waals surface area contributed by atoms with Gasteiger partial charge < -0.3 is 19.7 Å². The van der Waals surface area contributed by atoms with Gasteiger partial charge in [0.15, 0.2) is 11.5 Å². The number of ether oxygens (including phenoxy) is 2. The van der Waals surface area contributed by atoms with Crippen LogP contribution in [0.4, 0.5) is 16.2 Å². The second-order valence-corrected chi connectivity index (χ2v) is 6.99. The van der Waals surface area contributed by atoms with Gasteiger partial charge >= 0.3 is 6.03 Å². The fourth-order valence-corrected chi connectivity index (χ4v) is 3.58. The Labute approximate surface area is 172 Å². The van der Waals surface area contributed by atoms with Crippen molar-refractivity contribution >= 4 is 34.3 Å². The highest BCUT2D eigenvalue weighted by molar-refractivity contribution is 6.00. The van der Waals surface area contributed by atoms with Gasteiger partial charge in [-0.1, -0.05) is 0 Å². The molecule has 1 saturated heterocycles. The van der Waals surface area contributed by atoms with E-state index < -0.39 is 0 Å². The Morgan fingerprint density at radius 3 is 2.63 bits per heavy atom. The first-order valence-electron chi connectivity index (χ1n) is 9.64. The summed E-state index contributed by atoms with van der Waals surface area (Å²) in [6, 6.07) is 10.5. The first kappa shape index (κ1) is 18.2. The normalized spacial score (nSPS) is 15.5. The molecule has 0 unspecified atom stereocenters. The molecule has 1 fully saturated rings. The molecule has 9 heteroatoms. The van der Waals surface area contributed by atoms with Crippen molar-refractivity contribution in [2.24, 2.45) is 0 Å². The van der Waals surface area contributed by atoms with E-state index in [9.17, 15) is 9.59 Å². The number of amides is 3. The van der Waals surface area contributed by atoms with Crippen LogP contribution in [0.3, 0.4) is 0 Å². The molecule has 1 N–H and O–H groups in total. The van der Waals surface area contributed by atoms with Gasteiger partial charge in [0.25, 0.3) is 0 Å². The van der Waals surface area contributed by atoms with Gasteiger partial charge in [0.1, 0.15) is 19.8 Å². The molecule has 3 aromatic rings. The van der Waals surface area contributed by atoms with Gasteiger partial charge in [-0.25, -0.2) is 4.79 Å². The molecule has 5 rings (SSSR count). The Morgan fingerprint density at radius 1 is 0.967 bits per heavy atom. The molecule has 0 radical (unpaired) electrons. The average Bonchev–Trinajstić information content (AvgIpc) is 3.13. The summed E-state index contributed by atoms with van der Waals surface area (Å²) in [7, 11) is 0. The van der Waals surface area contributed by atoms with Crippen molar-refractivity contribution in [2.45, 2.75) is 0 Å². The zero-order valence-corrected chi connectivity index (χ0v) is 16.1. The highest BCUT2D eigenvalue weighted by Gasteiger charge is 2.31. The van der Waals surface area contributed by atoms with E-state index in [1.165, 1.54) is 4.90 Å². The van der Waals surface area contributed by atoms with E-state index >= 15 is 0 Å². The number of hydrogen-bond acceptors (Lipinski definition) is 6.